The van der Waals surface area contributed by atoms with Crippen molar-refractivity contribution in [3.05, 3.63) is 66.2 Å². The van der Waals surface area contributed by atoms with E-state index in [1.807, 2.05) is 36.4 Å². The highest BCUT2D eigenvalue weighted by molar-refractivity contribution is 5.95. The van der Waals surface area contributed by atoms with Crippen LogP contribution in [0, 0.1) is 0 Å². The van der Waals surface area contributed by atoms with Crippen molar-refractivity contribution in [2.24, 2.45) is 0 Å². The Morgan fingerprint density at radius 1 is 1.10 bits per heavy atom. The first kappa shape index (κ1) is 27.3. The van der Waals surface area contributed by atoms with Gasteiger partial charge in [-0.1, -0.05) is 30.3 Å². The van der Waals surface area contributed by atoms with Crippen molar-refractivity contribution in [3.8, 4) is 22.6 Å². The molecule has 1 aromatic heterocycles. The van der Waals surface area contributed by atoms with E-state index in [-0.39, 0.29) is 24.7 Å². The summed E-state index contributed by atoms with van der Waals surface area (Å²) >= 11 is 0. The minimum atomic E-state index is -0.915. The van der Waals surface area contributed by atoms with E-state index in [2.05, 4.69) is 27.8 Å². The maximum absolute atomic E-state index is 12.5. The molecule has 0 aliphatic carbocycles. The number of nitrogens with zero attached hydrogens (tertiary/aromatic N) is 3. The zero-order valence-corrected chi connectivity index (χ0v) is 22.8. The van der Waals surface area contributed by atoms with Crippen LogP contribution in [-0.2, 0) is 16.1 Å². The van der Waals surface area contributed by atoms with Gasteiger partial charge in [-0.25, -0.2) is 14.6 Å². The highest BCUT2D eigenvalue weighted by atomic mass is 16.6. The number of carboxylic acid groups (broad SMARTS) is 1. The van der Waals surface area contributed by atoms with Gasteiger partial charge in [0.15, 0.2) is 18.2 Å². The van der Waals surface area contributed by atoms with Crippen LogP contribution in [0.4, 0.5) is 21.2 Å². The third-order valence-electron chi connectivity index (χ3n) is 7.40. The summed E-state index contributed by atoms with van der Waals surface area (Å²) in [5.41, 5.74) is 3.18. The van der Waals surface area contributed by atoms with Crippen LogP contribution < -0.4 is 25.0 Å². The van der Waals surface area contributed by atoms with Crippen molar-refractivity contribution >= 4 is 29.7 Å². The van der Waals surface area contributed by atoms with Gasteiger partial charge in [-0.3, -0.25) is 9.69 Å². The van der Waals surface area contributed by atoms with Crippen molar-refractivity contribution in [2.75, 3.05) is 43.0 Å². The molecular formula is C30H31N5O7. The fourth-order valence-corrected chi connectivity index (χ4v) is 5.26. The maximum atomic E-state index is 12.5. The Morgan fingerprint density at radius 3 is 2.76 bits per heavy atom. The van der Waals surface area contributed by atoms with Gasteiger partial charge in [0.25, 0.3) is 5.91 Å². The van der Waals surface area contributed by atoms with E-state index < -0.39 is 12.2 Å². The maximum Gasteiger partial charge on any atom is 0.415 e. The molecule has 2 atom stereocenters. The number of rotatable bonds is 9. The van der Waals surface area contributed by atoms with Crippen LogP contribution in [0.2, 0.25) is 0 Å². The lowest BCUT2D eigenvalue weighted by atomic mass is 10.0. The summed E-state index contributed by atoms with van der Waals surface area (Å²) in [6.07, 6.45) is -0.513. The summed E-state index contributed by atoms with van der Waals surface area (Å²) in [5, 5.41) is 15.3. The number of cyclic esters (lactones) is 1. The number of likely N-dealkylation sites (tertiary alicyclic amines) is 1. The summed E-state index contributed by atoms with van der Waals surface area (Å²) in [7, 11) is 0. The van der Waals surface area contributed by atoms with E-state index in [0.29, 0.717) is 63.0 Å². The van der Waals surface area contributed by atoms with Gasteiger partial charge in [-0.15, -0.1) is 0 Å². The number of hydrogen-bond acceptors (Lipinski definition) is 8. The summed E-state index contributed by atoms with van der Waals surface area (Å²) < 4.78 is 16.9. The quantitative estimate of drug-likeness (QED) is 0.327. The van der Waals surface area contributed by atoms with Crippen molar-refractivity contribution < 1.29 is 33.7 Å². The Hall–Kier alpha value is -4.84. The van der Waals surface area contributed by atoms with Gasteiger partial charge in [0, 0.05) is 19.5 Å². The minimum absolute atomic E-state index is 0.0572. The largest absolute Gasteiger partial charge is 0.488 e. The number of amides is 3. The molecule has 42 heavy (non-hydrogen) atoms. The molecule has 12 nitrogen and oxygen atoms in total. The van der Waals surface area contributed by atoms with Crippen LogP contribution in [0.25, 0.3) is 11.1 Å². The fraction of sp³-hybridized carbons (Fsp3) is 0.333. The van der Waals surface area contributed by atoms with Gasteiger partial charge < -0.3 is 34.9 Å². The molecule has 0 radical (unpaired) electrons. The van der Waals surface area contributed by atoms with Crippen LogP contribution >= 0.6 is 0 Å². The Kier molecular flexibility index (Phi) is 7.78. The van der Waals surface area contributed by atoms with E-state index in [4.69, 9.17) is 14.2 Å². The van der Waals surface area contributed by atoms with E-state index in [0.717, 1.165) is 22.4 Å². The second kappa shape index (κ2) is 12.0. The van der Waals surface area contributed by atoms with Crippen LogP contribution in [0.5, 0.6) is 11.5 Å². The molecule has 3 N–H and O–H groups in total. The molecule has 3 aliphatic heterocycles. The molecule has 3 aromatic rings. The van der Waals surface area contributed by atoms with E-state index >= 15 is 0 Å². The number of ether oxygens (including phenoxy) is 3. The first-order valence-corrected chi connectivity index (χ1v) is 13.9. The predicted molar refractivity (Wildman–Crippen MR) is 153 cm³/mol. The van der Waals surface area contributed by atoms with Gasteiger partial charge in [0.05, 0.1) is 13.1 Å². The smallest absolute Gasteiger partial charge is 0.415 e. The number of nitrogens with one attached hydrogen (secondary N) is 2. The van der Waals surface area contributed by atoms with Crippen molar-refractivity contribution in [1.82, 2.24) is 15.2 Å². The second-order valence-corrected chi connectivity index (χ2v) is 10.4. The van der Waals surface area contributed by atoms with Crippen LogP contribution in [0.1, 0.15) is 18.4 Å². The van der Waals surface area contributed by atoms with Gasteiger partial charge in [0.2, 0.25) is 0 Å². The molecule has 0 bridgehead atoms. The molecule has 3 amide bonds. The molecule has 4 heterocycles. The molecule has 0 spiro atoms. The lowest BCUT2D eigenvalue weighted by Crippen LogP contribution is -2.29. The Morgan fingerprint density at radius 2 is 1.93 bits per heavy atom. The van der Waals surface area contributed by atoms with Gasteiger partial charge in [-0.2, -0.15) is 0 Å². The molecule has 3 aliphatic rings. The Labute approximate surface area is 242 Å². The van der Waals surface area contributed by atoms with Crippen LogP contribution in [-0.4, -0.2) is 78.1 Å². The molecule has 6 rings (SSSR count). The highest BCUT2D eigenvalue weighted by Crippen LogP contribution is 2.30. The number of anilines is 2. The zero-order chi connectivity index (χ0) is 29.1. The highest BCUT2D eigenvalue weighted by Gasteiger charge is 2.33. The normalized spacial score (nSPS) is 19.6. The van der Waals surface area contributed by atoms with E-state index in [1.165, 1.54) is 9.80 Å². The molecule has 0 saturated carbocycles. The van der Waals surface area contributed by atoms with Crippen molar-refractivity contribution in [1.29, 1.82) is 0 Å². The summed E-state index contributed by atoms with van der Waals surface area (Å²) in [5.74, 6) is 1.59. The lowest BCUT2D eigenvalue weighted by molar-refractivity contribution is -0.118. The first-order valence-electron chi connectivity index (χ1n) is 13.9. The predicted octanol–water partition coefficient (Wildman–Crippen LogP) is 3.72. The van der Waals surface area contributed by atoms with Crippen LogP contribution in [0.3, 0.4) is 0 Å². The third kappa shape index (κ3) is 6.23. The number of carbonyl (C=O) groups is 3. The second-order valence-electron chi connectivity index (χ2n) is 10.4. The monoisotopic (exact) mass is 573 g/mol. The van der Waals surface area contributed by atoms with Crippen LogP contribution in [0.15, 0.2) is 60.7 Å². The summed E-state index contributed by atoms with van der Waals surface area (Å²) in [6.45, 7) is 2.46. The summed E-state index contributed by atoms with van der Waals surface area (Å²) in [6, 6.07) is 19.4. The SMILES string of the molecule is O=C1COc2ccc(N3C[C@H](CCNCc4cccc(-c5cccc(OC6CCN(C(=O)O)C6)c5)c4)OC3=O)nc2N1. The summed E-state index contributed by atoms with van der Waals surface area (Å²) in [4.78, 5) is 42.5. The molecule has 2 aromatic carbocycles. The van der Waals surface area contributed by atoms with E-state index in [1.54, 1.807) is 12.1 Å². The molecular weight excluding hydrogens is 542 g/mol. The van der Waals surface area contributed by atoms with Gasteiger partial charge in [0.1, 0.15) is 23.8 Å². The number of pyridine rings is 1. The molecule has 2 fully saturated rings. The van der Waals surface area contributed by atoms with Crippen molar-refractivity contribution in [3.63, 3.8) is 0 Å². The minimum Gasteiger partial charge on any atom is -0.488 e. The molecule has 1 unspecified atom stereocenters. The zero-order valence-electron chi connectivity index (χ0n) is 22.8. The number of benzene rings is 2. The topological polar surface area (TPSA) is 143 Å². The first-order chi connectivity index (χ1) is 20.4. The Balaban J connectivity index is 0.991. The fourth-order valence-electron chi connectivity index (χ4n) is 5.26. The molecule has 2 saturated heterocycles. The lowest BCUT2D eigenvalue weighted by Gasteiger charge is -2.19. The standard InChI is InChI=1S/C30H31N5O7/c36-27-18-40-25-7-8-26(32-28(25)33-27)35-17-23(42-30(35)39)9-11-31-15-19-3-1-4-20(13-19)21-5-2-6-22(14-21)41-24-10-12-34(16-24)29(37)38/h1-8,13-14,23-24,31H,9-12,15-18H2,(H,37,38)(H,32,33,36)/t23-,24?/m0/s1. The third-order valence-corrected chi connectivity index (χ3v) is 7.40. The number of fused-ring (bicyclic) bond motifs is 1. The van der Waals surface area contributed by atoms with Gasteiger partial charge in [-0.05, 0) is 60.0 Å². The number of carbonyl (C=O) groups excluding carboxylic acids is 2. The van der Waals surface area contributed by atoms with Crippen molar-refractivity contribution in [2.45, 2.75) is 31.6 Å². The number of hydrogen-bond donors (Lipinski definition) is 3. The number of aromatic nitrogens is 1. The molecule has 218 valence electrons. The average molecular weight is 574 g/mol. The Bertz CT molecular complexity index is 1500. The van der Waals surface area contributed by atoms with Gasteiger partial charge >= 0.3 is 12.2 Å². The molecule has 12 heteroatoms. The van der Waals surface area contributed by atoms with E-state index in [9.17, 15) is 19.5 Å². The average Bonchev–Trinajstić information content (AvgIpc) is 3.61.